The van der Waals surface area contributed by atoms with Crippen LogP contribution >= 0.6 is 0 Å². The molecule has 0 radical (unpaired) electrons. The van der Waals surface area contributed by atoms with Crippen molar-refractivity contribution in [2.45, 2.75) is 245 Å². The lowest BCUT2D eigenvalue weighted by Gasteiger charge is -2.09. The SMILES string of the molecule is C=C(CCCCC(=C)C(=O)OCCCCCCCCCCCCCCCCCC)C(=O)OCCCCCCCCCCCCCCCCCC. The Labute approximate surface area is 312 Å². The lowest BCUT2D eigenvalue weighted by molar-refractivity contribution is -0.140. The number of carbonyl (C=O) groups is 2. The summed E-state index contributed by atoms with van der Waals surface area (Å²) in [6, 6.07) is 0. The molecule has 4 nitrogen and oxygen atoms in total. The number of rotatable bonds is 41. The molecule has 0 bridgehead atoms. The molecule has 0 aromatic carbocycles. The van der Waals surface area contributed by atoms with Crippen molar-refractivity contribution in [3.8, 4) is 0 Å². The third-order valence-electron chi connectivity index (χ3n) is 10.2. The van der Waals surface area contributed by atoms with Crippen molar-refractivity contribution in [3.05, 3.63) is 24.3 Å². The first kappa shape index (κ1) is 48.4. The second-order valence-electron chi connectivity index (χ2n) is 15.3. The van der Waals surface area contributed by atoms with Crippen molar-refractivity contribution in [1.29, 1.82) is 0 Å². The number of ether oxygens (including phenoxy) is 2. The summed E-state index contributed by atoms with van der Waals surface area (Å²) in [5.41, 5.74) is 1.05. The molecule has 4 heteroatoms. The molecule has 0 fully saturated rings. The maximum atomic E-state index is 12.3. The number of hydrogen-bond donors (Lipinski definition) is 0. The van der Waals surface area contributed by atoms with Gasteiger partial charge in [-0.25, -0.2) is 9.59 Å². The van der Waals surface area contributed by atoms with Crippen LogP contribution in [0.5, 0.6) is 0 Å². The maximum absolute atomic E-state index is 12.3. The van der Waals surface area contributed by atoms with Crippen LogP contribution in [0.2, 0.25) is 0 Å². The van der Waals surface area contributed by atoms with Crippen LogP contribution in [-0.4, -0.2) is 25.2 Å². The van der Waals surface area contributed by atoms with Gasteiger partial charge in [-0.2, -0.15) is 0 Å². The van der Waals surface area contributed by atoms with Gasteiger partial charge in [0.1, 0.15) is 0 Å². The van der Waals surface area contributed by atoms with Gasteiger partial charge in [0.25, 0.3) is 0 Å². The molecule has 0 saturated heterocycles. The Morgan fingerprint density at radius 1 is 0.320 bits per heavy atom. The predicted octanol–water partition coefficient (Wildman–Crippen LogP) is 15.3. The average Bonchev–Trinajstić information content (AvgIpc) is 3.12. The molecule has 0 saturated carbocycles. The zero-order valence-corrected chi connectivity index (χ0v) is 33.9. The van der Waals surface area contributed by atoms with Gasteiger partial charge in [-0.15, -0.1) is 0 Å². The van der Waals surface area contributed by atoms with E-state index in [1.165, 1.54) is 180 Å². The van der Waals surface area contributed by atoms with E-state index in [0.29, 0.717) is 37.2 Å². The highest BCUT2D eigenvalue weighted by Gasteiger charge is 2.11. The van der Waals surface area contributed by atoms with Gasteiger partial charge in [-0.3, -0.25) is 0 Å². The summed E-state index contributed by atoms with van der Waals surface area (Å²) in [5, 5.41) is 0. The monoisotopic (exact) mass is 703 g/mol. The number of carbonyl (C=O) groups excluding carboxylic acids is 2. The summed E-state index contributed by atoms with van der Waals surface area (Å²) >= 11 is 0. The highest BCUT2D eigenvalue weighted by Crippen LogP contribution is 2.17. The summed E-state index contributed by atoms with van der Waals surface area (Å²) < 4.78 is 10.9. The molecule has 0 aromatic rings. The standard InChI is InChI=1S/C46H86O4/c1-5-7-9-11-13-15-17-19-21-23-25-27-29-31-33-37-41-49-45(47)43(3)39-35-36-40-44(4)46(48)50-42-38-34-32-30-28-26-24-22-20-18-16-14-12-10-8-6-2/h3-42H2,1-2H3. The molecule has 0 amide bonds. The van der Waals surface area contributed by atoms with Crippen LogP contribution in [0, 0.1) is 0 Å². The molecular weight excluding hydrogens is 617 g/mol. The number of hydrogen-bond acceptors (Lipinski definition) is 4. The van der Waals surface area contributed by atoms with Crippen molar-refractivity contribution in [1.82, 2.24) is 0 Å². The van der Waals surface area contributed by atoms with Crippen LogP contribution in [0.3, 0.4) is 0 Å². The van der Waals surface area contributed by atoms with E-state index in [4.69, 9.17) is 9.47 Å². The Morgan fingerprint density at radius 3 is 0.740 bits per heavy atom. The topological polar surface area (TPSA) is 52.6 Å². The first-order valence-corrected chi connectivity index (χ1v) is 22.2. The Kier molecular flexibility index (Phi) is 38.9. The first-order chi connectivity index (χ1) is 24.5. The second-order valence-corrected chi connectivity index (χ2v) is 15.3. The van der Waals surface area contributed by atoms with Crippen LogP contribution < -0.4 is 0 Å². The van der Waals surface area contributed by atoms with E-state index in [-0.39, 0.29) is 11.9 Å². The molecule has 0 rings (SSSR count). The van der Waals surface area contributed by atoms with Gasteiger partial charge in [0.2, 0.25) is 0 Å². The van der Waals surface area contributed by atoms with E-state index in [1.54, 1.807) is 0 Å². The predicted molar refractivity (Wildman–Crippen MR) is 218 cm³/mol. The summed E-state index contributed by atoms with van der Waals surface area (Å²) in [4.78, 5) is 24.5. The van der Waals surface area contributed by atoms with E-state index in [1.807, 2.05) is 0 Å². The van der Waals surface area contributed by atoms with E-state index in [0.717, 1.165) is 38.5 Å². The molecule has 0 aliphatic rings. The van der Waals surface area contributed by atoms with Crippen LogP contribution in [0.15, 0.2) is 24.3 Å². The molecule has 0 atom stereocenters. The third kappa shape index (κ3) is 36.2. The Hall–Kier alpha value is -1.58. The lowest BCUT2D eigenvalue weighted by atomic mass is 10.0. The Morgan fingerprint density at radius 2 is 0.520 bits per heavy atom. The minimum Gasteiger partial charge on any atom is -0.462 e. The van der Waals surface area contributed by atoms with Crippen molar-refractivity contribution in [2.24, 2.45) is 0 Å². The van der Waals surface area contributed by atoms with Gasteiger partial charge in [0, 0.05) is 11.1 Å². The average molecular weight is 703 g/mol. The van der Waals surface area contributed by atoms with Gasteiger partial charge >= 0.3 is 11.9 Å². The molecule has 0 aliphatic carbocycles. The zero-order valence-electron chi connectivity index (χ0n) is 33.9. The smallest absolute Gasteiger partial charge is 0.333 e. The van der Waals surface area contributed by atoms with Gasteiger partial charge in [-0.1, -0.05) is 220 Å². The van der Waals surface area contributed by atoms with Gasteiger partial charge in [0.05, 0.1) is 13.2 Å². The third-order valence-corrected chi connectivity index (χ3v) is 10.2. The molecule has 0 unspecified atom stereocenters. The zero-order chi connectivity index (χ0) is 36.6. The molecular formula is C46H86O4. The van der Waals surface area contributed by atoms with E-state index in [2.05, 4.69) is 27.0 Å². The molecule has 0 aromatic heterocycles. The molecule has 0 N–H and O–H groups in total. The molecule has 0 spiro atoms. The quantitative estimate of drug-likeness (QED) is 0.0361. The van der Waals surface area contributed by atoms with Gasteiger partial charge in [-0.05, 0) is 38.5 Å². The molecule has 0 aliphatic heterocycles. The summed E-state index contributed by atoms with van der Waals surface area (Å²) in [5.74, 6) is -0.550. The van der Waals surface area contributed by atoms with Gasteiger partial charge < -0.3 is 9.47 Å². The molecule has 50 heavy (non-hydrogen) atoms. The largest absolute Gasteiger partial charge is 0.462 e. The van der Waals surface area contributed by atoms with Crippen molar-refractivity contribution >= 4 is 11.9 Å². The number of esters is 2. The highest BCUT2D eigenvalue weighted by molar-refractivity contribution is 5.88. The fourth-order valence-electron chi connectivity index (χ4n) is 6.72. The fourth-order valence-corrected chi connectivity index (χ4v) is 6.72. The van der Waals surface area contributed by atoms with Crippen LogP contribution in [0.25, 0.3) is 0 Å². The normalized spacial score (nSPS) is 11.2. The minimum atomic E-state index is -0.275. The van der Waals surface area contributed by atoms with Crippen LogP contribution in [-0.2, 0) is 19.1 Å². The Bertz CT molecular complexity index is 708. The van der Waals surface area contributed by atoms with Crippen LogP contribution in [0.4, 0.5) is 0 Å². The molecule has 0 heterocycles. The lowest BCUT2D eigenvalue weighted by Crippen LogP contribution is -2.09. The van der Waals surface area contributed by atoms with E-state index >= 15 is 0 Å². The van der Waals surface area contributed by atoms with Crippen molar-refractivity contribution < 1.29 is 19.1 Å². The number of unbranched alkanes of at least 4 members (excludes halogenated alkanes) is 31. The summed E-state index contributed by atoms with van der Waals surface area (Å²) in [7, 11) is 0. The van der Waals surface area contributed by atoms with Crippen molar-refractivity contribution in [2.75, 3.05) is 13.2 Å². The van der Waals surface area contributed by atoms with Crippen LogP contribution in [0.1, 0.15) is 245 Å². The summed E-state index contributed by atoms with van der Waals surface area (Å²) in [6.07, 6.45) is 45.4. The molecule has 294 valence electrons. The minimum absolute atomic E-state index is 0.275. The van der Waals surface area contributed by atoms with Crippen molar-refractivity contribution in [3.63, 3.8) is 0 Å². The highest BCUT2D eigenvalue weighted by atomic mass is 16.5. The summed E-state index contributed by atoms with van der Waals surface area (Å²) in [6.45, 7) is 13.4. The second kappa shape index (κ2) is 40.2. The van der Waals surface area contributed by atoms with E-state index in [9.17, 15) is 9.59 Å². The first-order valence-electron chi connectivity index (χ1n) is 22.2. The van der Waals surface area contributed by atoms with E-state index < -0.39 is 0 Å². The van der Waals surface area contributed by atoms with Gasteiger partial charge in [0.15, 0.2) is 0 Å². The Balaban J connectivity index is 3.46. The fraction of sp³-hybridized carbons (Fsp3) is 0.870. The maximum Gasteiger partial charge on any atom is 0.333 e.